The summed E-state index contributed by atoms with van der Waals surface area (Å²) in [6.07, 6.45) is 0.740. The average molecular weight is 494 g/mol. The van der Waals surface area contributed by atoms with Crippen LogP contribution in [0.1, 0.15) is 37.0 Å². The molecular formula is C28H33F2N5O. The molecule has 8 heteroatoms. The summed E-state index contributed by atoms with van der Waals surface area (Å²) < 4.78 is 31.9. The van der Waals surface area contributed by atoms with Crippen molar-refractivity contribution in [3.63, 3.8) is 0 Å². The lowest BCUT2D eigenvalue weighted by Crippen LogP contribution is -2.37. The number of rotatable bonds is 3. The molecule has 0 amide bonds. The number of halogens is 2. The van der Waals surface area contributed by atoms with E-state index < -0.39 is 6.43 Å². The van der Waals surface area contributed by atoms with Crippen LogP contribution in [0.3, 0.4) is 0 Å². The minimum absolute atomic E-state index is 0.0208. The summed E-state index contributed by atoms with van der Waals surface area (Å²) in [5.74, 6) is 0. The first-order valence-electron chi connectivity index (χ1n) is 12.2. The molecule has 2 aromatic heterocycles. The summed E-state index contributed by atoms with van der Waals surface area (Å²) in [5, 5.41) is 5.10. The molecule has 2 aromatic carbocycles. The number of aromatic nitrogens is 3. The van der Waals surface area contributed by atoms with E-state index in [0.717, 1.165) is 40.1 Å². The van der Waals surface area contributed by atoms with E-state index in [-0.39, 0.29) is 11.1 Å². The first-order chi connectivity index (χ1) is 17.2. The Hall–Kier alpha value is -3.68. The van der Waals surface area contributed by atoms with Crippen molar-refractivity contribution in [2.45, 2.75) is 34.1 Å². The molecule has 0 bridgehead atoms. The van der Waals surface area contributed by atoms with Gasteiger partial charge in [0, 0.05) is 62.5 Å². The zero-order chi connectivity index (χ0) is 26.3. The van der Waals surface area contributed by atoms with E-state index in [9.17, 15) is 13.6 Å². The Morgan fingerprint density at radius 3 is 2.28 bits per heavy atom. The minimum atomic E-state index is -2.63. The van der Waals surface area contributed by atoms with Crippen molar-refractivity contribution in [3.05, 3.63) is 69.8 Å². The van der Waals surface area contributed by atoms with Crippen LogP contribution in [-0.2, 0) is 14.1 Å². The largest absolute Gasteiger partial charge is 0.371 e. The second-order valence-corrected chi connectivity index (χ2v) is 9.11. The Labute approximate surface area is 210 Å². The normalized spacial score (nSPS) is 13.2. The Balaban J connectivity index is 0.00000148. The first-order valence-corrected chi connectivity index (χ1v) is 12.2. The Kier molecular flexibility index (Phi) is 6.89. The highest BCUT2D eigenvalue weighted by Gasteiger charge is 2.28. The van der Waals surface area contributed by atoms with Crippen molar-refractivity contribution in [1.29, 1.82) is 0 Å². The van der Waals surface area contributed by atoms with Gasteiger partial charge in [-0.3, -0.25) is 9.48 Å². The van der Waals surface area contributed by atoms with Gasteiger partial charge in [-0.1, -0.05) is 13.8 Å². The van der Waals surface area contributed by atoms with Crippen molar-refractivity contribution >= 4 is 28.0 Å². The van der Waals surface area contributed by atoms with Crippen LogP contribution >= 0.6 is 0 Å². The zero-order valence-electron chi connectivity index (χ0n) is 21.9. The summed E-state index contributed by atoms with van der Waals surface area (Å²) >= 11 is 0. The lowest BCUT2D eigenvalue weighted by Gasteiger charge is -2.38. The molecule has 5 rings (SSSR count). The first kappa shape index (κ1) is 25.4. The van der Waals surface area contributed by atoms with Crippen LogP contribution in [0.15, 0.2) is 47.5 Å². The number of aryl methyl sites for hydroxylation is 4. The molecule has 190 valence electrons. The number of likely N-dealkylation sites (N-methyl/N-ethyl adjacent to an activating group) is 1. The predicted octanol–water partition coefficient (Wildman–Crippen LogP) is 6.11. The van der Waals surface area contributed by atoms with E-state index in [1.54, 1.807) is 48.7 Å². The van der Waals surface area contributed by atoms with Crippen LogP contribution in [-0.4, -0.2) is 34.5 Å². The van der Waals surface area contributed by atoms with Crippen LogP contribution in [0.4, 0.5) is 25.8 Å². The van der Waals surface area contributed by atoms with Gasteiger partial charge in [-0.15, -0.1) is 0 Å². The molecule has 4 aromatic rings. The van der Waals surface area contributed by atoms with Crippen LogP contribution < -0.4 is 15.4 Å². The highest BCUT2D eigenvalue weighted by Crippen LogP contribution is 2.45. The molecule has 6 nitrogen and oxygen atoms in total. The SMILES string of the molecule is CC.Cc1cc(N2CCN(C)c3cc(-c4cnn(C)c4)c(C(F)F)cc32)c2cc(C)c(=O)n(C)c2c1. The molecule has 1 aliphatic rings. The average Bonchev–Trinajstić information content (AvgIpc) is 3.30. The molecule has 0 radical (unpaired) electrons. The van der Waals surface area contributed by atoms with E-state index in [0.29, 0.717) is 23.2 Å². The van der Waals surface area contributed by atoms with Crippen molar-refractivity contribution in [2.24, 2.45) is 14.1 Å². The molecule has 0 spiro atoms. The molecule has 1 aliphatic heterocycles. The van der Waals surface area contributed by atoms with Gasteiger partial charge in [0.05, 0.1) is 28.8 Å². The fourth-order valence-corrected chi connectivity index (χ4v) is 4.91. The maximum Gasteiger partial charge on any atom is 0.264 e. The molecule has 0 atom stereocenters. The number of hydrogen-bond donors (Lipinski definition) is 0. The number of pyridine rings is 1. The minimum Gasteiger partial charge on any atom is -0.371 e. The van der Waals surface area contributed by atoms with Crippen molar-refractivity contribution in [1.82, 2.24) is 14.3 Å². The number of nitrogens with zero attached hydrogens (tertiary/aromatic N) is 5. The second kappa shape index (κ2) is 9.76. The highest BCUT2D eigenvalue weighted by molar-refractivity contribution is 5.98. The standard InChI is InChI=1S/C26H27F2N5O.C2H6/c1-15-8-21-20(10-16(2)26(34)32(21)5)22(9-15)33-7-6-30(3)23-11-18(17-13-29-31(4)14-17)19(25(27)28)12-24(23)33;1-2/h8-14,25H,6-7H2,1-5H3;1-2H3. The number of anilines is 3. The van der Waals surface area contributed by atoms with Gasteiger partial charge in [0.2, 0.25) is 0 Å². The van der Waals surface area contributed by atoms with E-state index in [1.165, 1.54) is 0 Å². The molecule has 0 N–H and O–H groups in total. The van der Waals surface area contributed by atoms with E-state index >= 15 is 0 Å². The Morgan fingerprint density at radius 2 is 1.64 bits per heavy atom. The summed E-state index contributed by atoms with van der Waals surface area (Å²) in [4.78, 5) is 16.8. The smallest absolute Gasteiger partial charge is 0.264 e. The van der Waals surface area contributed by atoms with Crippen LogP contribution in [0.25, 0.3) is 22.0 Å². The lowest BCUT2D eigenvalue weighted by atomic mass is 9.97. The second-order valence-electron chi connectivity index (χ2n) is 9.11. The molecule has 0 unspecified atom stereocenters. The van der Waals surface area contributed by atoms with Gasteiger partial charge in [-0.25, -0.2) is 8.78 Å². The molecule has 3 heterocycles. The van der Waals surface area contributed by atoms with E-state index in [1.807, 2.05) is 46.0 Å². The van der Waals surface area contributed by atoms with Crippen LogP contribution in [0, 0.1) is 13.8 Å². The maximum atomic E-state index is 14.3. The summed E-state index contributed by atoms with van der Waals surface area (Å²) in [7, 11) is 5.53. The molecular weight excluding hydrogens is 460 g/mol. The van der Waals surface area contributed by atoms with Crippen LogP contribution in [0.5, 0.6) is 0 Å². The Morgan fingerprint density at radius 1 is 0.917 bits per heavy atom. The molecule has 0 saturated carbocycles. The van der Waals surface area contributed by atoms with Crippen molar-refractivity contribution in [3.8, 4) is 11.1 Å². The number of fused-ring (bicyclic) bond motifs is 2. The number of alkyl halides is 2. The molecule has 0 aliphatic carbocycles. The summed E-state index contributed by atoms with van der Waals surface area (Å²) in [6.45, 7) is 9.16. The van der Waals surface area contributed by atoms with Gasteiger partial charge >= 0.3 is 0 Å². The topological polar surface area (TPSA) is 46.3 Å². The van der Waals surface area contributed by atoms with Gasteiger partial charge in [0.15, 0.2) is 0 Å². The third-order valence-corrected chi connectivity index (χ3v) is 6.69. The van der Waals surface area contributed by atoms with Gasteiger partial charge in [-0.05, 0) is 55.3 Å². The zero-order valence-corrected chi connectivity index (χ0v) is 21.9. The van der Waals surface area contributed by atoms with Gasteiger partial charge in [0.1, 0.15) is 0 Å². The van der Waals surface area contributed by atoms with E-state index in [4.69, 9.17) is 0 Å². The predicted molar refractivity (Wildman–Crippen MR) is 144 cm³/mol. The Bertz CT molecular complexity index is 1490. The summed E-state index contributed by atoms with van der Waals surface area (Å²) in [5.41, 5.74) is 6.10. The maximum absolute atomic E-state index is 14.3. The van der Waals surface area contributed by atoms with Crippen molar-refractivity contribution in [2.75, 3.05) is 29.9 Å². The fraction of sp³-hybridized carbons (Fsp3) is 0.357. The van der Waals surface area contributed by atoms with E-state index in [2.05, 4.69) is 21.0 Å². The third kappa shape index (κ3) is 4.25. The summed E-state index contributed by atoms with van der Waals surface area (Å²) in [6, 6.07) is 9.42. The quantitative estimate of drug-likeness (QED) is 0.346. The fourth-order valence-electron chi connectivity index (χ4n) is 4.91. The van der Waals surface area contributed by atoms with Crippen LogP contribution in [0.2, 0.25) is 0 Å². The van der Waals surface area contributed by atoms with Gasteiger partial charge in [0.25, 0.3) is 12.0 Å². The highest BCUT2D eigenvalue weighted by atomic mass is 19.3. The molecule has 0 saturated heterocycles. The van der Waals surface area contributed by atoms with Gasteiger partial charge < -0.3 is 14.4 Å². The van der Waals surface area contributed by atoms with Gasteiger partial charge in [-0.2, -0.15) is 5.10 Å². The van der Waals surface area contributed by atoms with Crippen molar-refractivity contribution < 1.29 is 8.78 Å². The molecule has 36 heavy (non-hydrogen) atoms. The monoisotopic (exact) mass is 493 g/mol. The third-order valence-electron chi connectivity index (χ3n) is 6.69. The number of hydrogen-bond acceptors (Lipinski definition) is 4. The molecule has 0 fully saturated rings. The lowest BCUT2D eigenvalue weighted by molar-refractivity contribution is 0.152. The number of benzene rings is 2.